The van der Waals surface area contributed by atoms with Crippen molar-refractivity contribution in [2.45, 2.75) is 31.7 Å². The van der Waals surface area contributed by atoms with Gasteiger partial charge >= 0.3 is 0 Å². The predicted octanol–water partition coefficient (Wildman–Crippen LogP) is 1.63. The van der Waals surface area contributed by atoms with Crippen LogP contribution in [0.1, 0.15) is 25.0 Å². The smallest absolute Gasteiger partial charge is 0.243 e. The van der Waals surface area contributed by atoms with Crippen molar-refractivity contribution in [1.82, 2.24) is 9.62 Å². The fourth-order valence-corrected chi connectivity index (χ4v) is 3.57. The first-order valence-corrected chi connectivity index (χ1v) is 8.71. The van der Waals surface area contributed by atoms with Gasteiger partial charge in [-0.3, -0.25) is 0 Å². The van der Waals surface area contributed by atoms with E-state index in [2.05, 4.69) is 5.32 Å². The Morgan fingerprint density at radius 2 is 2.00 bits per heavy atom. The van der Waals surface area contributed by atoms with Crippen LogP contribution in [0.2, 0.25) is 0 Å². The molecule has 0 saturated heterocycles. The van der Waals surface area contributed by atoms with Crippen molar-refractivity contribution in [3.05, 3.63) is 29.3 Å². The SMILES string of the molecule is CCOCCN(C)S(=O)(=O)c1cc(CNC)ccc1CC. The third-order valence-corrected chi connectivity index (χ3v) is 5.28. The fourth-order valence-electron chi connectivity index (χ4n) is 2.07. The molecule has 21 heavy (non-hydrogen) atoms. The Kier molecular flexibility index (Phi) is 7.31. The first kappa shape index (κ1) is 18.1. The highest BCUT2D eigenvalue weighted by molar-refractivity contribution is 7.89. The second-order valence-corrected chi connectivity index (χ2v) is 6.86. The van der Waals surface area contributed by atoms with Gasteiger partial charge in [-0.05, 0) is 37.6 Å². The van der Waals surface area contributed by atoms with Crippen LogP contribution in [0.5, 0.6) is 0 Å². The largest absolute Gasteiger partial charge is 0.380 e. The third kappa shape index (κ3) is 4.78. The minimum atomic E-state index is -3.48. The van der Waals surface area contributed by atoms with Gasteiger partial charge in [0.05, 0.1) is 11.5 Å². The van der Waals surface area contributed by atoms with Gasteiger partial charge in [-0.15, -0.1) is 0 Å². The second-order valence-electron chi connectivity index (χ2n) is 4.85. The molecule has 0 amide bonds. The van der Waals surface area contributed by atoms with E-state index < -0.39 is 10.0 Å². The summed E-state index contributed by atoms with van der Waals surface area (Å²) in [6.45, 7) is 5.86. The summed E-state index contributed by atoms with van der Waals surface area (Å²) in [6, 6.07) is 5.63. The van der Waals surface area contributed by atoms with Gasteiger partial charge in [0.15, 0.2) is 0 Å². The summed E-state index contributed by atoms with van der Waals surface area (Å²) in [6.07, 6.45) is 0.688. The van der Waals surface area contributed by atoms with Gasteiger partial charge < -0.3 is 10.1 Å². The van der Waals surface area contributed by atoms with E-state index in [0.29, 0.717) is 37.6 Å². The molecular formula is C15H26N2O3S. The number of aryl methyl sites for hydroxylation is 1. The minimum absolute atomic E-state index is 0.357. The summed E-state index contributed by atoms with van der Waals surface area (Å²) < 4.78 is 32.0. The van der Waals surface area contributed by atoms with E-state index in [1.54, 1.807) is 13.1 Å². The quantitative estimate of drug-likeness (QED) is 0.704. The zero-order valence-corrected chi connectivity index (χ0v) is 14.2. The Balaban J connectivity index is 3.07. The lowest BCUT2D eigenvalue weighted by atomic mass is 10.1. The van der Waals surface area contributed by atoms with E-state index in [1.807, 2.05) is 33.0 Å². The number of benzene rings is 1. The molecule has 0 aliphatic carbocycles. The molecule has 0 aromatic heterocycles. The average molecular weight is 314 g/mol. The maximum Gasteiger partial charge on any atom is 0.243 e. The van der Waals surface area contributed by atoms with Gasteiger partial charge in [-0.2, -0.15) is 4.31 Å². The monoisotopic (exact) mass is 314 g/mol. The lowest BCUT2D eigenvalue weighted by molar-refractivity contribution is 0.138. The molecule has 0 aliphatic heterocycles. The predicted molar refractivity (Wildman–Crippen MR) is 84.9 cm³/mol. The molecule has 5 nitrogen and oxygen atoms in total. The molecule has 0 spiro atoms. The number of sulfonamides is 1. The normalized spacial score (nSPS) is 12.0. The third-order valence-electron chi connectivity index (χ3n) is 3.34. The molecule has 120 valence electrons. The zero-order valence-electron chi connectivity index (χ0n) is 13.3. The van der Waals surface area contributed by atoms with Crippen molar-refractivity contribution in [2.24, 2.45) is 0 Å². The Bertz CT molecular complexity index is 544. The van der Waals surface area contributed by atoms with Gasteiger partial charge in [-0.25, -0.2) is 8.42 Å². The molecule has 0 unspecified atom stereocenters. The molecule has 0 fully saturated rings. The van der Waals surface area contributed by atoms with Crippen LogP contribution in [0.15, 0.2) is 23.1 Å². The number of nitrogens with zero attached hydrogens (tertiary/aromatic N) is 1. The highest BCUT2D eigenvalue weighted by Gasteiger charge is 2.23. The number of hydrogen-bond acceptors (Lipinski definition) is 4. The standard InChI is InChI=1S/C15H26N2O3S/c1-5-14-8-7-13(12-16-3)11-15(14)21(18,19)17(4)9-10-20-6-2/h7-8,11,16H,5-6,9-10,12H2,1-4H3. The van der Waals surface area contributed by atoms with Crippen LogP contribution in [0.25, 0.3) is 0 Å². The van der Waals surface area contributed by atoms with Gasteiger partial charge in [0, 0.05) is 26.7 Å². The Hall–Kier alpha value is -0.950. The molecule has 0 bridgehead atoms. The second kappa shape index (κ2) is 8.48. The van der Waals surface area contributed by atoms with Gasteiger partial charge in [-0.1, -0.05) is 19.1 Å². The molecular weight excluding hydrogens is 288 g/mol. The molecule has 0 saturated carbocycles. The van der Waals surface area contributed by atoms with Crippen molar-refractivity contribution < 1.29 is 13.2 Å². The molecule has 0 atom stereocenters. The number of likely N-dealkylation sites (N-methyl/N-ethyl adjacent to an activating group) is 1. The van der Waals surface area contributed by atoms with Crippen LogP contribution in [-0.4, -0.2) is 46.6 Å². The molecule has 0 radical (unpaired) electrons. The van der Waals surface area contributed by atoms with Gasteiger partial charge in [0.1, 0.15) is 0 Å². The number of ether oxygens (including phenoxy) is 1. The van der Waals surface area contributed by atoms with Gasteiger partial charge in [0.2, 0.25) is 10.0 Å². The molecule has 0 aliphatic rings. The number of hydrogen-bond donors (Lipinski definition) is 1. The average Bonchev–Trinajstić information content (AvgIpc) is 2.47. The highest BCUT2D eigenvalue weighted by Crippen LogP contribution is 2.21. The van der Waals surface area contributed by atoms with Crippen LogP contribution in [-0.2, 0) is 27.7 Å². The van der Waals surface area contributed by atoms with Crippen LogP contribution >= 0.6 is 0 Å². The van der Waals surface area contributed by atoms with Crippen molar-refractivity contribution >= 4 is 10.0 Å². The maximum atomic E-state index is 12.7. The molecule has 1 aromatic carbocycles. The molecule has 0 heterocycles. The molecule has 6 heteroatoms. The van der Waals surface area contributed by atoms with E-state index in [1.165, 1.54) is 4.31 Å². The lowest BCUT2D eigenvalue weighted by Gasteiger charge is -2.19. The van der Waals surface area contributed by atoms with Crippen molar-refractivity contribution in [3.8, 4) is 0 Å². The Labute approximate surface area is 128 Å². The zero-order chi connectivity index (χ0) is 15.9. The van der Waals surface area contributed by atoms with E-state index in [-0.39, 0.29) is 0 Å². The lowest BCUT2D eigenvalue weighted by Crippen LogP contribution is -2.31. The van der Waals surface area contributed by atoms with Crippen LogP contribution in [0.3, 0.4) is 0 Å². The first-order valence-electron chi connectivity index (χ1n) is 7.27. The summed E-state index contributed by atoms with van der Waals surface area (Å²) in [5, 5.41) is 3.04. The van der Waals surface area contributed by atoms with Crippen LogP contribution in [0.4, 0.5) is 0 Å². The van der Waals surface area contributed by atoms with Gasteiger partial charge in [0.25, 0.3) is 0 Å². The topological polar surface area (TPSA) is 58.6 Å². The van der Waals surface area contributed by atoms with Crippen molar-refractivity contribution in [3.63, 3.8) is 0 Å². The Morgan fingerprint density at radius 1 is 1.29 bits per heavy atom. The summed E-state index contributed by atoms with van der Waals surface area (Å²) in [4.78, 5) is 0.400. The number of nitrogens with one attached hydrogen (secondary N) is 1. The Morgan fingerprint density at radius 3 is 2.57 bits per heavy atom. The van der Waals surface area contributed by atoms with Crippen LogP contribution in [0, 0.1) is 0 Å². The molecule has 1 aromatic rings. The summed E-state index contributed by atoms with van der Waals surface area (Å²) in [7, 11) is -0.0383. The first-order chi connectivity index (χ1) is 9.97. The fraction of sp³-hybridized carbons (Fsp3) is 0.600. The number of rotatable bonds is 9. The van der Waals surface area contributed by atoms with E-state index in [4.69, 9.17) is 4.74 Å². The summed E-state index contributed by atoms with van der Waals surface area (Å²) in [5.74, 6) is 0. The molecule has 1 N–H and O–H groups in total. The van der Waals surface area contributed by atoms with E-state index >= 15 is 0 Å². The van der Waals surface area contributed by atoms with E-state index in [9.17, 15) is 8.42 Å². The van der Waals surface area contributed by atoms with Crippen molar-refractivity contribution in [2.75, 3.05) is 33.9 Å². The van der Waals surface area contributed by atoms with E-state index in [0.717, 1.165) is 11.1 Å². The van der Waals surface area contributed by atoms with Crippen molar-refractivity contribution in [1.29, 1.82) is 0 Å². The highest BCUT2D eigenvalue weighted by atomic mass is 32.2. The summed E-state index contributed by atoms with van der Waals surface area (Å²) in [5.41, 5.74) is 1.81. The minimum Gasteiger partial charge on any atom is -0.380 e. The summed E-state index contributed by atoms with van der Waals surface area (Å²) >= 11 is 0. The molecule has 1 rings (SSSR count). The maximum absolute atomic E-state index is 12.7. The van der Waals surface area contributed by atoms with Crippen LogP contribution < -0.4 is 5.32 Å².